The van der Waals surface area contributed by atoms with Crippen LogP contribution in [0.25, 0.3) is 0 Å². The summed E-state index contributed by atoms with van der Waals surface area (Å²) in [6.45, 7) is 0. The van der Waals surface area contributed by atoms with E-state index in [2.05, 4.69) is 0 Å². The van der Waals surface area contributed by atoms with Crippen LogP contribution in [0.3, 0.4) is 0 Å². The average molecular weight is 246 g/mol. The van der Waals surface area contributed by atoms with E-state index in [9.17, 15) is 0 Å². The van der Waals surface area contributed by atoms with Gasteiger partial charge in [-0.2, -0.15) is 7.82 Å². The van der Waals surface area contributed by atoms with Crippen molar-refractivity contribution in [3.05, 3.63) is 0 Å². The molecule has 48 valence electrons. The zero-order valence-electron chi connectivity index (χ0n) is 3.66. The summed E-state index contributed by atoms with van der Waals surface area (Å²) in [6.07, 6.45) is 0. The molecule has 0 bridgehead atoms. The van der Waals surface area contributed by atoms with Crippen LogP contribution in [0.2, 0.25) is 0 Å². The van der Waals surface area contributed by atoms with Gasteiger partial charge in [0.1, 0.15) is 0 Å². The topological polar surface area (TPSA) is 149 Å². The van der Waals surface area contributed by atoms with Gasteiger partial charge in [-0.3, -0.25) is 0 Å². The molecule has 0 aliphatic heterocycles. The van der Waals surface area contributed by atoms with Crippen molar-refractivity contribution in [3.63, 3.8) is 0 Å². The van der Waals surface area contributed by atoms with Crippen molar-refractivity contribution in [1.29, 1.82) is 0 Å². The summed E-state index contributed by atoms with van der Waals surface area (Å²) in [5.41, 5.74) is 0. The van der Waals surface area contributed by atoms with Crippen molar-refractivity contribution >= 4 is 33.7 Å². The van der Waals surface area contributed by atoms with Gasteiger partial charge in [-0.1, -0.05) is 0 Å². The number of hydrogen-bond donors (Lipinski definition) is 0. The fourth-order valence-corrected chi connectivity index (χ4v) is 0. The molecule has 0 heterocycles. The molecular weight excluding hydrogens is 242 g/mol. The van der Waals surface area contributed by atoms with Gasteiger partial charge in [-0.25, -0.2) is 0 Å². The van der Waals surface area contributed by atoms with E-state index >= 15 is 0 Å². The standard InChI is InChI=1S/In.H3O4P.2H2O/c;1-5(2,3)4;;/h;(H3,1,2,3,4);2*1H2/q+3;;;/p-3. The molecule has 8 heteroatoms. The molecule has 0 aromatic heterocycles. The zero-order chi connectivity index (χ0) is 4.50. The Balaban J connectivity index is -0.0000000267. The van der Waals surface area contributed by atoms with Gasteiger partial charge in [-0.15, -0.1) is 0 Å². The van der Waals surface area contributed by atoms with Gasteiger partial charge in [0.05, 0.1) is 0 Å². The van der Waals surface area contributed by atoms with Crippen molar-refractivity contribution in [2.75, 3.05) is 0 Å². The molecule has 0 aromatic carbocycles. The molecule has 0 aromatic rings. The Labute approximate surface area is 64.2 Å². The zero-order valence-corrected chi connectivity index (χ0v) is 7.85. The van der Waals surface area contributed by atoms with Crippen LogP contribution < -0.4 is 14.7 Å². The third-order valence-corrected chi connectivity index (χ3v) is 0. The second-order valence-electron chi connectivity index (χ2n) is 0.447. The molecule has 6 nitrogen and oxygen atoms in total. The first-order valence-corrected chi connectivity index (χ1v) is 2.19. The Morgan fingerprint density at radius 1 is 1.00 bits per heavy atom. The Morgan fingerprint density at radius 2 is 1.00 bits per heavy atom. The summed E-state index contributed by atoms with van der Waals surface area (Å²) < 4.78 is 8.55. The molecule has 0 saturated heterocycles. The number of hydrogen-bond acceptors (Lipinski definition) is 4. The summed E-state index contributed by atoms with van der Waals surface area (Å²) in [4.78, 5) is 25.6. The van der Waals surface area contributed by atoms with E-state index in [-0.39, 0.29) is 36.8 Å². The maximum atomic E-state index is 8.55. The first-order valence-electron chi connectivity index (χ1n) is 0.730. The molecule has 0 unspecified atom stereocenters. The molecule has 0 amide bonds. The second kappa shape index (κ2) is 7.90. The van der Waals surface area contributed by atoms with Crippen molar-refractivity contribution in [3.8, 4) is 0 Å². The van der Waals surface area contributed by atoms with Gasteiger partial charge in [-0.05, 0) is 0 Å². The quantitative estimate of drug-likeness (QED) is 0.393. The van der Waals surface area contributed by atoms with Crippen molar-refractivity contribution in [2.24, 2.45) is 0 Å². The van der Waals surface area contributed by atoms with Crippen LogP contribution in [-0.2, 0) is 4.57 Å². The molecule has 4 N–H and O–H groups in total. The summed E-state index contributed by atoms with van der Waals surface area (Å²) in [5.74, 6) is 0. The largest absolute Gasteiger partial charge is 3.00 e. The van der Waals surface area contributed by atoms with E-state index in [0.717, 1.165) is 0 Å². The van der Waals surface area contributed by atoms with Gasteiger partial charge in [0.2, 0.25) is 0 Å². The smallest absolute Gasteiger partial charge is 0.822 e. The summed E-state index contributed by atoms with van der Waals surface area (Å²) >= 11 is 0. The Hall–Kier alpha value is 0.900. The summed E-state index contributed by atoms with van der Waals surface area (Å²) in [6, 6.07) is 0. The fraction of sp³-hybridized carbons (Fsp3) is 0. The van der Waals surface area contributed by atoms with Gasteiger partial charge in [0.15, 0.2) is 0 Å². The minimum Gasteiger partial charge on any atom is -0.822 e. The van der Waals surface area contributed by atoms with E-state index in [1.54, 1.807) is 0 Å². The predicted molar refractivity (Wildman–Crippen MR) is 20.6 cm³/mol. The second-order valence-corrected chi connectivity index (χ2v) is 1.34. The first kappa shape index (κ1) is 23.1. The Kier molecular flexibility index (Phi) is 22.8. The fourth-order valence-electron chi connectivity index (χ4n) is 0. The number of rotatable bonds is 0. The van der Waals surface area contributed by atoms with Crippen LogP contribution >= 0.6 is 7.82 Å². The first-order chi connectivity index (χ1) is 2.00. The van der Waals surface area contributed by atoms with Crippen molar-refractivity contribution < 1.29 is 30.2 Å². The molecule has 8 heavy (non-hydrogen) atoms. The third-order valence-electron chi connectivity index (χ3n) is 0. The molecule has 0 saturated carbocycles. The van der Waals surface area contributed by atoms with Crippen LogP contribution in [0.5, 0.6) is 0 Å². The molecule has 0 spiro atoms. The minimum atomic E-state index is -5.39. The monoisotopic (exact) mass is 246 g/mol. The Bertz CT molecular complexity index is 54.7. The SMILES string of the molecule is O.O.O=P([O-])([O-])[O-].[In+3]. The van der Waals surface area contributed by atoms with Crippen LogP contribution in [-0.4, -0.2) is 36.8 Å². The molecular formula is H4InO6P. The minimum absolute atomic E-state index is 0. The maximum Gasteiger partial charge on any atom is 3.00 e. The van der Waals surface area contributed by atoms with E-state index in [4.69, 9.17) is 19.2 Å². The van der Waals surface area contributed by atoms with Crippen LogP contribution in [0.1, 0.15) is 0 Å². The third kappa shape index (κ3) is 296. The average Bonchev–Trinajstić information content (AvgIpc) is 0.722. The summed E-state index contributed by atoms with van der Waals surface area (Å²) in [7, 11) is -5.39. The molecule has 0 fully saturated rings. The molecule has 0 aliphatic rings. The van der Waals surface area contributed by atoms with E-state index in [1.165, 1.54) is 0 Å². The van der Waals surface area contributed by atoms with Gasteiger partial charge >= 0.3 is 25.8 Å². The van der Waals surface area contributed by atoms with Gasteiger partial charge < -0.3 is 30.2 Å². The van der Waals surface area contributed by atoms with Crippen molar-refractivity contribution in [1.82, 2.24) is 0 Å². The van der Waals surface area contributed by atoms with E-state index in [1.807, 2.05) is 0 Å². The van der Waals surface area contributed by atoms with Crippen LogP contribution in [0.4, 0.5) is 0 Å². The van der Waals surface area contributed by atoms with Crippen LogP contribution in [0.15, 0.2) is 0 Å². The predicted octanol–water partition coefficient (Wildman–Crippen LogP) is -4.85. The molecule has 0 aliphatic carbocycles. The molecule has 0 radical (unpaired) electrons. The van der Waals surface area contributed by atoms with E-state index in [0.29, 0.717) is 0 Å². The van der Waals surface area contributed by atoms with Crippen LogP contribution in [0, 0.1) is 0 Å². The number of phosphoric acid groups is 1. The molecule has 0 atom stereocenters. The van der Waals surface area contributed by atoms with Gasteiger partial charge in [0, 0.05) is 0 Å². The normalized spacial score (nSPS) is 7.38. The van der Waals surface area contributed by atoms with Crippen molar-refractivity contribution in [2.45, 2.75) is 0 Å². The Morgan fingerprint density at radius 3 is 1.00 bits per heavy atom. The van der Waals surface area contributed by atoms with Gasteiger partial charge in [0.25, 0.3) is 0 Å². The molecule has 0 rings (SSSR count). The summed E-state index contributed by atoms with van der Waals surface area (Å²) in [5, 5.41) is 0. The maximum absolute atomic E-state index is 8.55. The van der Waals surface area contributed by atoms with E-state index < -0.39 is 7.82 Å².